The molecule has 0 aliphatic carbocycles. The van der Waals surface area contributed by atoms with Crippen LogP contribution in [0, 0.1) is 0 Å². The summed E-state index contributed by atoms with van der Waals surface area (Å²) in [5, 5.41) is 0.513. The molecule has 0 saturated carbocycles. The van der Waals surface area contributed by atoms with Gasteiger partial charge in [0.1, 0.15) is 0 Å². The molecule has 0 bridgehead atoms. The topological polar surface area (TPSA) is 75.2 Å². The molecule has 1 N–H and O–H groups in total. The first-order valence-corrected chi connectivity index (χ1v) is 9.72. The number of hydrogen-bond donors (Lipinski definition) is 1. The Balaban J connectivity index is 1.49. The number of aryl methyl sites for hydroxylation is 1. The molecule has 3 aromatic rings. The van der Waals surface area contributed by atoms with Crippen molar-refractivity contribution in [3.63, 3.8) is 0 Å². The highest BCUT2D eigenvalue weighted by molar-refractivity contribution is 5.95. The molecule has 1 aromatic heterocycles. The third kappa shape index (κ3) is 3.26. The first kappa shape index (κ1) is 18.2. The number of aromatic amines is 1. The zero-order valence-electron chi connectivity index (χ0n) is 15.9. The zero-order chi connectivity index (χ0) is 19.7. The van der Waals surface area contributed by atoms with Gasteiger partial charge in [0.05, 0.1) is 10.9 Å². The summed E-state index contributed by atoms with van der Waals surface area (Å²) in [4.78, 5) is 42.3. The summed E-state index contributed by atoms with van der Waals surface area (Å²) in [6.45, 7) is 2.93. The van der Waals surface area contributed by atoms with Gasteiger partial charge >= 0.3 is 5.69 Å². The highest BCUT2D eigenvalue weighted by Crippen LogP contribution is 2.28. The predicted molar refractivity (Wildman–Crippen MR) is 110 cm³/mol. The summed E-state index contributed by atoms with van der Waals surface area (Å²) < 4.78 is 1.20. The van der Waals surface area contributed by atoms with E-state index in [4.69, 9.17) is 0 Å². The minimum atomic E-state index is -0.430. The molecule has 6 nitrogen and oxygen atoms in total. The second-order valence-corrected chi connectivity index (χ2v) is 7.15. The first-order valence-electron chi connectivity index (χ1n) is 9.72. The number of aromatic nitrogens is 2. The van der Waals surface area contributed by atoms with E-state index in [1.165, 1.54) is 10.1 Å². The molecule has 4 rings (SSSR count). The Hall–Kier alpha value is -3.15. The number of benzene rings is 2. The van der Waals surface area contributed by atoms with E-state index in [-0.39, 0.29) is 18.0 Å². The van der Waals surface area contributed by atoms with Crippen molar-refractivity contribution in [3.8, 4) is 0 Å². The van der Waals surface area contributed by atoms with Crippen LogP contribution in [-0.2, 0) is 24.2 Å². The van der Waals surface area contributed by atoms with Crippen LogP contribution in [0.4, 0.5) is 5.69 Å². The number of rotatable bonds is 5. The number of H-pyrrole nitrogens is 1. The third-order valence-electron chi connectivity index (χ3n) is 5.42. The zero-order valence-corrected chi connectivity index (χ0v) is 15.9. The Kier molecular flexibility index (Phi) is 4.86. The molecule has 0 atom stereocenters. The van der Waals surface area contributed by atoms with Crippen LogP contribution in [-0.4, -0.2) is 22.0 Å². The van der Waals surface area contributed by atoms with Crippen LogP contribution in [0.2, 0.25) is 0 Å². The molecule has 6 heteroatoms. The fourth-order valence-electron chi connectivity index (χ4n) is 3.84. The van der Waals surface area contributed by atoms with E-state index in [0.29, 0.717) is 30.3 Å². The lowest BCUT2D eigenvalue weighted by molar-refractivity contribution is -0.118. The number of nitrogens with one attached hydrogen (secondary N) is 1. The van der Waals surface area contributed by atoms with Gasteiger partial charge in [-0.2, -0.15) is 0 Å². The van der Waals surface area contributed by atoms with E-state index in [2.05, 4.69) is 4.98 Å². The Morgan fingerprint density at radius 1 is 1.14 bits per heavy atom. The predicted octanol–water partition coefficient (Wildman–Crippen LogP) is 2.62. The summed E-state index contributed by atoms with van der Waals surface area (Å²) in [6, 6.07) is 13.4. The van der Waals surface area contributed by atoms with E-state index >= 15 is 0 Å². The summed E-state index contributed by atoms with van der Waals surface area (Å²) in [5.74, 6) is 0.0310. The Bertz CT molecular complexity index is 1160. The maximum atomic E-state index is 12.8. The van der Waals surface area contributed by atoms with Crippen molar-refractivity contribution in [2.75, 3.05) is 11.4 Å². The van der Waals surface area contributed by atoms with Crippen LogP contribution in [0.5, 0.6) is 0 Å². The summed E-state index contributed by atoms with van der Waals surface area (Å²) in [7, 11) is 0. The highest BCUT2D eigenvalue weighted by Gasteiger charge is 2.23. The maximum Gasteiger partial charge on any atom is 0.328 e. The quantitative estimate of drug-likeness (QED) is 0.743. The van der Waals surface area contributed by atoms with Crippen LogP contribution in [0.25, 0.3) is 10.9 Å². The molecule has 0 radical (unpaired) electrons. The Morgan fingerprint density at radius 2 is 1.96 bits per heavy atom. The lowest BCUT2D eigenvalue weighted by atomic mass is 10.1. The van der Waals surface area contributed by atoms with Gasteiger partial charge in [-0.3, -0.25) is 14.2 Å². The lowest BCUT2D eigenvalue weighted by Crippen LogP contribution is -2.36. The van der Waals surface area contributed by atoms with Crippen molar-refractivity contribution < 1.29 is 4.79 Å². The van der Waals surface area contributed by atoms with Crippen LogP contribution in [0.3, 0.4) is 0 Å². The number of nitrogens with zero attached hydrogens (tertiary/aromatic N) is 2. The van der Waals surface area contributed by atoms with Crippen molar-refractivity contribution in [3.05, 3.63) is 74.4 Å². The smallest absolute Gasteiger partial charge is 0.312 e. The molecule has 1 aliphatic rings. The largest absolute Gasteiger partial charge is 0.328 e. The van der Waals surface area contributed by atoms with Crippen molar-refractivity contribution in [1.29, 1.82) is 0 Å². The number of para-hydroxylation sites is 1. The van der Waals surface area contributed by atoms with E-state index in [1.54, 1.807) is 11.0 Å². The van der Waals surface area contributed by atoms with Crippen molar-refractivity contribution in [2.45, 2.75) is 39.2 Å². The third-order valence-corrected chi connectivity index (χ3v) is 5.42. The molecule has 2 aromatic carbocycles. The van der Waals surface area contributed by atoms with Crippen molar-refractivity contribution in [1.82, 2.24) is 9.55 Å². The number of anilines is 1. The van der Waals surface area contributed by atoms with Gasteiger partial charge in [-0.1, -0.05) is 31.2 Å². The summed E-state index contributed by atoms with van der Waals surface area (Å²) >= 11 is 0. The minimum Gasteiger partial charge on any atom is -0.312 e. The lowest BCUT2D eigenvalue weighted by Gasteiger charge is -2.17. The molecule has 0 fully saturated rings. The Labute approximate surface area is 162 Å². The van der Waals surface area contributed by atoms with Gasteiger partial charge in [0, 0.05) is 25.2 Å². The van der Waals surface area contributed by atoms with Crippen molar-refractivity contribution >= 4 is 22.5 Å². The fraction of sp³-hybridized carbons (Fsp3) is 0.318. The van der Waals surface area contributed by atoms with Crippen LogP contribution in [0.15, 0.2) is 52.1 Å². The van der Waals surface area contributed by atoms with E-state index in [0.717, 1.165) is 24.1 Å². The number of fused-ring (bicyclic) bond motifs is 2. The van der Waals surface area contributed by atoms with E-state index < -0.39 is 5.69 Å². The van der Waals surface area contributed by atoms with Crippen molar-refractivity contribution in [2.24, 2.45) is 0 Å². The number of carbonyl (C=O) groups is 1. The van der Waals surface area contributed by atoms with Gasteiger partial charge in [-0.15, -0.1) is 0 Å². The molecule has 0 unspecified atom stereocenters. The maximum absolute atomic E-state index is 12.8. The van der Waals surface area contributed by atoms with Crippen LogP contribution >= 0.6 is 0 Å². The van der Waals surface area contributed by atoms with Gasteiger partial charge in [0.25, 0.3) is 5.56 Å². The molecule has 1 amide bonds. The van der Waals surface area contributed by atoms with Crippen LogP contribution in [0.1, 0.15) is 30.9 Å². The molecular formula is C22H23N3O3. The molecule has 0 saturated heterocycles. The molecule has 2 heterocycles. The van der Waals surface area contributed by atoms with E-state index in [1.807, 2.05) is 43.3 Å². The normalized spacial score (nSPS) is 13.1. The summed E-state index contributed by atoms with van der Waals surface area (Å²) in [5.41, 5.74) is 3.03. The van der Waals surface area contributed by atoms with Gasteiger partial charge < -0.3 is 9.88 Å². The average Bonchev–Trinajstić information content (AvgIpc) is 3.14. The number of amides is 1. The minimum absolute atomic E-state index is 0.0310. The number of hydrogen-bond acceptors (Lipinski definition) is 3. The standard InChI is InChI=1S/C22H23N3O3/c1-2-15-9-10-18-17(14-15)21(27)25(22(28)23-18)12-5-8-20(26)24-13-11-16-6-3-4-7-19(16)24/h3-4,6-7,9-10,14H,2,5,8,11-13H2,1H3,(H,23,28). The molecule has 0 spiro atoms. The van der Waals surface area contributed by atoms with Gasteiger partial charge in [0.15, 0.2) is 0 Å². The monoisotopic (exact) mass is 377 g/mol. The Morgan fingerprint density at radius 3 is 2.79 bits per heavy atom. The second-order valence-electron chi connectivity index (χ2n) is 7.15. The first-order chi connectivity index (χ1) is 13.6. The molecule has 1 aliphatic heterocycles. The average molecular weight is 377 g/mol. The fourth-order valence-corrected chi connectivity index (χ4v) is 3.84. The van der Waals surface area contributed by atoms with Gasteiger partial charge in [0.2, 0.25) is 5.91 Å². The molecular weight excluding hydrogens is 354 g/mol. The molecule has 28 heavy (non-hydrogen) atoms. The van der Waals surface area contributed by atoms with Crippen LogP contribution < -0.4 is 16.1 Å². The highest BCUT2D eigenvalue weighted by atomic mass is 16.2. The number of carbonyl (C=O) groups excluding carboxylic acids is 1. The second kappa shape index (κ2) is 7.46. The SMILES string of the molecule is CCc1ccc2[nH]c(=O)n(CCCC(=O)N3CCc4ccccc43)c(=O)c2c1. The van der Waals surface area contributed by atoms with Gasteiger partial charge in [-0.25, -0.2) is 4.79 Å². The van der Waals surface area contributed by atoms with E-state index in [9.17, 15) is 14.4 Å². The van der Waals surface area contributed by atoms with Gasteiger partial charge in [-0.05, 0) is 48.6 Å². The summed E-state index contributed by atoms with van der Waals surface area (Å²) in [6.07, 6.45) is 2.43. The molecule has 144 valence electrons.